The van der Waals surface area contributed by atoms with Crippen LogP contribution in [0.5, 0.6) is 0 Å². The van der Waals surface area contributed by atoms with Crippen molar-refractivity contribution in [3.8, 4) is 0 Å². The molecular weight excluding hydrogens is 454 g/mol. The molecule has 34 heavy (non-hydrogen) atoms. The number of piperidine rings is 1. The number of hydrogen-bond acceptors (Lipinski definition) is 5. The summed E-state index contributed by atoms with van der Waals surface area (Å²) >= 11 is 6.28. The summed E-state index contributed by atoms with van der Waals surface area (Å²) in [7, 11) is 1.69. The minimum Gasteiger partial charge on any atom is -0.385 e. The van der Waals surface area contributed by atoms with Gasteiger partial charge in [-0.25, -0.2) is 4.79 Å². The zero-order valence-corrected chi connectivity index (χ0v) is 21.3. The van der Waals surface area contributed by atoms with E-state index >= 15 is 0 Å². The zero-order valence-electron chi connectivity index (χ0n) is 20.5. The Balaban J connectivity index is 1.66. The third-order valence-electron chi connectivity index (χ3n) is 7.44. The predicted octanol–water partition coefficient (Wildman–Crippen LogP) is 3.91. The van der Waals surface area contributed by atoms with Crippen LogP contribution in [0.2, 0.25) is 5.02 Å². The molecule has 7 nitrogen and oxygen atoms in total. The van der Waals surface area contributed by atoms with E-state index in [0.29, 0.717) is 43.6 Å². The predicted molar refractivity (Wildman–Crippen MR) is 135 cm³/mol. The number of nitrogens with one attached hydrogen (secondary N) is 1. The van der Waals surface area contributed by atoms with Gasteiger partial charge in [-0.1, -0.05) is 23.7 Å². The Kier molecular flexibility index (Phi) is 10.9. The second-order valence-corrected chi connectivity index (χ2v) is 10.3. The Morgan fingerprint density at radius 3 is 2.85 bits per heavy atom. The van der Waals surface area contributed by atoms with Crippen LogP contribution in [-0.4, -0.2) is 68.6 Å². The van der Waals surface area contributed by atoms with Gasteiger partial charge in [-0.15, -0.1) is 0 Å². The van der Waals surface area contributed by atoms with E-state index in [-0.39, 0.29) is 18.0 Å². The number of methoxy groups -OCH3 is 1. The zero-order chi connectivity index (χ0) is 24.4. The van der Waals surface area contributed by atoms with Crippen LogP contribution in [0.4, 0.5) is 4.79 Å². The summed E-state index contributed by atoms with van der Waals surface area (Å²) in [5.41, 5.74) is 5.78. The number of nitrogens with zero attached hydrogens (tertiary/aromatic N) is 1. The first kappa shape index (κ1) is 27.2. The Morgan fingerprint density at radius 2 is 2.15 bits per heavy atom. The number of carbonyl (C=O) groups excluding carboxylic acids is 1. The Bertz CT molecular complexity index is 761. The van der Waals surface area contributed by atoms with Crippen LogP contribution in [0.15, 0.2) is 24.3 Å². The second-order valence-electron chi connectivity index (χ2n) is 9.84. The molecule has 2 fully saturated rings. The summed E-state index contributed by atoms with van der Waals surface area (Å²) < 4.78 is 10.7. The van der Waals surface area contributed by atoms with E-state index in [4.69, 9.17) is 26.8 Å². The number of nitrogens with two attached hydrogens (primary N) is 1. The molecule has 0 unspecified atom stereocenters. The SMILES string of the molecule is COCCCC[C@@](O)(c1cccc(Cl)c1)[C@@H]1CCCN(C(=O)N[C@H](CN)CC2CCOCC2)C1. The average Bonchev–Trinajstić information content (AvgIpc) is 2.86. The van der Waals surface area contributed by atoms with Crippen molar-refractivity contribution in [2.24, 2.45) is 17.6 Å². The lowest BCUT2D eigenvalue weighted by molar-refractivity contribution is -0.0564. The molecule has 0 aliphatic carbocycles. The third-order valence-corrected chi connectivity index (χ3v) is 7.67. The molecule has 1 aromatic rings. The molecule has 2 amide bonds. The van der Waals surface area contributed by atoms with Crippen molar-refractivity contribution in [1.29, 1.82) is 0 Å². The third kappa shape index (κ3) is 7.56. The van der Waals surface area contributed by atoms with Crippen molar-refractivity contribution in [3.63, 3.8) is 0 Å². The topological polar surface area (TPSA) is 97.1 Å². The highest BCUT2D eigenvalue weighted by atomic mass is 35.5. The van der Waals surface area contributed by atoms with Gasteiger partial charge in [0.1, 0.15) is 0 Å². The summed E-state index contributed by atoms with van der Waals surface area (Å²) in [5, 5.41) is 15.8. The van der Waals surface area contributed by atoms with Crippen LogP contribution in [0.1, 0.15) is 56.9 Å². The molecule has 0 aromatic heterocycles. The molecule has 192 valence electrons. The number of ether oxygens (including phenoxy) is 2. The van der Waals surface area contributed by atoms with Crippen LogP contribution in [-0.2, 0) is 15.1 Å². The number of aliphatic hydroxyl groups is 1. The van der Waals surface area contributed by atoms with Gasteiger partial charge in [-0.3, -0.25) is 0 Å². The summed E-state index contributed by atoms with van der Waals surface area (Å²) in [5.74, 6) is 0.469. The fraction of sp³-hybridized carbons (Fsp3) is 0.731. The first-order chi connectivity index (χ1) is 16.5. The van der Waals surface area contributed by atoms with E-state index in [2.05, 4.69) is 5.32 Å². The van der Waals surface area contributed by atoms with Crippen molar-refractivity contribution < 1.29 is 19.4 Å². The number of likely N-dealkylation sites (tertiary alicyclic amines) is 1. The van der Waals surface area contributed by atoms with Gasteiger partial charge < -0.3 is 30.5 Å². The molecule has 0 spiro atoms. The standard InChI is InChI=1S/C26H42ClN3O4/c1-33-13-3-2-11-26(32,21-6-4-8-23(27)17-21)22-7-5-12-30(19-22)25(31)29-24(18-28)16-20-9-14-34-15-10-20/h4,6,8,17,20,22,24,32H,2-3,5,7,9-16,18-19,28H2,1H3,(H,29,31)/t22-,24+,26-/m1/s1. The van der Waals surface area contributed by atoms with E-state index in [0.717, 1.165) is 63.7 Å². The molecule has 3 rings (SSSR count). The lowest BCUT2D eigenvalue weighted by Gasteiger charge is -2.43. The normalized spacial score (nSPS) is 22.2. The fourth-order valence-corrected chi connectivity index (χ4v) is 5.59. The summed E-state index contributed by atoms with van der Waals surface area (Å²) in [4.78, 5) is 15.0. The van der Waals surface area contributed by atoms with Crippen LogP contribution < -0.4 is 11.1 Å². The van der Waals surface area contributed by atoms with Gasteiger partial charge in [0, 0.05) is 63.5 Å². The maximum absolute atomic E-state index is 13.2. The fourth-order valence-electron chi connectivity index (χ4n) is 5.40. The molecule has 3 atom stereocenters. The molecule has 2 aliphatic rings. The Labute approximate surface area is 209 Å². The van der Waals surface area contributed by atoms with Gasteiger partial charge in [0.2, 0.25) is 0 Å². The minimum absolute atomic E-state index is 0.0446. The molecule has 2 aliphatic heterocycles. The highest BCUT2D eigenvalue weighted by Gasteiger charge is 2.41. The molecule has 2 saturated heterocycles. The lowest BCUT2D eigenvalue weighted by Crippen LogP contribution is -2.53. The van der Waals surface area contributed by atoms with E-state index in [9.17, 15) is 9.90 Å². The average molecular weight is 496 g/mol. The number of unbranched alkanes of at least 4 members (excludes halogenated alkanes) is 1. The smallest absolute Gasteiger partial charge is 0.317 e. The van der Waals surface area contributed by atoms with E-state index < -0.39 is 5.60 Å². The van der Waals surface area contributed by atoms with Crippen LogP contribution in [0.3, 0.4) is 0 Å². The van der Waals surface area contributed by atoms with Crippen molar-refractivity contribution in [1.82, 2.24) is 10.2 Å². The van der Waals surface area contributed by atoms with Gasteiger partial charge >= 0.3 is 6.03 Å². The van der Waals surface area contributed by atoms with Crippen LogP contribution in [0, 0.1) is 11.8 Å². The number of benzene rings is 1. The summed E-state index contributed by atoms with van der Waals surface area (Å²) in [6.45, 7) is 3.86. The second kappa shape index (κ2) is 13.6. The van der Waals surface area contributed by atoms with Gasteiger partial charge in [0.25, 0.3) is 0 Å². The molecule has 1 aromatic carbocycles. The number of amides is 2. The number of urea groups is 1. The largest absolute Gasteiger partial charge is 0.385 e. The van der Waals surface area contributed by atoms with Gasteiger partial charge in [0.05, 0.1) is 5.60 Å². The van der Waals surface area contributed by atoms with Crippen LogP contribution >= 0.6 is 11.6 Å². The van der Waals surface area contributed by atoms with Gasteiger partial charge in [0.15, 0.2) is 0 Å². The molecule has 2 heterocycles. The maximum Gasteiger partial charge on any atom is 0.317 e. The quantitative estimate of drug-likeness (QED) is 0.404. The Hall–Kier alpha value is -1.38. The molecule has 0 saturated carbocycles. The van der Waals surface area contributed by atoms with E-state index in [1.807, 2.05) is 29.2 Å². The minimum atomic E-state index is -1.05. The van der Waals surface area contributed by atoms with E-state index in [1.165, 1.54) is 0 Å². The molecule has 0 bridgehead atoms. The monoisotopic (exact) mass is 495 g/mol. The number of hydrogen-bond donors (Lipinski definition) is 3. The molecule has 8 heteroatoms. The van der Waals surface area contributed by atoms with Crippen molar-refractivity contribution >= 4 is 17.6 Å². The molecule has 0 radical (unpaired) electrons. The van der Waals surface area contributed by atoms with Gasteiger partial charge in [-0.05, 0) is 75.0 Å². The number of halogens is 1. The number of carbonyl (C=O) groups is 1. The highest BCUT2D eigenvalue weighted by Crippen LogP contribution is 2.40. The molecular formula is C26H42ClN3O4. The van der Waals surface area contributed by atoms with Crippen molar-refractivity contribution in [2.45, 2.75) is 63.0 Å². The van der Waals surface area contributed by atoms with Gasteiger partial charge in [-0.2, -0.15) is 0 Å². The first-order valence-corrected chi connectivity index (χ1v) is 13.1. The first-order valence-electron chi connectivity index (χ1n) is 12.8. The molecule has 4 N–H and O–H groups in total. The highest BCUT2D eigenvalue weighted by molar-refractivity contribution is 6.30. The summed E-state index contributed by atoms with van der Waals surface area (Å²) in [6, 6.07) is 7.38. The number of rotatable bonds is 11. The van der Waals surface area contributed by atoms with Crippen LogP contribution in [0.25, 0.3) is 0 Å². The summed E-state index contributed by atoms with van der Waals surface area (Å²) in [6.07, 6.45) is 6.95. The van der Waals surface area contributed by atoms with Crippen molar-refractivity contribution in [2.75, 3.05) is 46.6 Å². The van der Waals surface area contributed by atoms with E-state index in [1.54, 1.807) is 7.11 Å². The Morgan fingerprint density at radius 1 is 1.35 bits per heavy atom. The van der Waals surface area contributed by atoms with Crippen molar-refractivity contribution in [3.05, 3.63) is 34.9 Å². The lowest BCUT2D eigenvalue weighted by atomic mass is 9.74. The maximum atomic E-state index is 13.2.